The van der Waals surface area contributed by atoms with E-state index in [0.717, 1.165) is 57.8 Å². The van der Waals surface area contributed by atoms with Gasteiger partial charge in [-0.15, -0.1) is 0 Å². The van der Waals surface area contributed by atoms with Gasteiger partial charge < -0.3 is 21.1 Å². The van der Waals surface area contributed by atoms with E-state index >= 15 is 4.39 Å². The summed E-state index contributed by atoms with van der Waals surface area (Å²) < 4.78 is 15.3. The Morgan fingerprint density at radius 1 is 1.18 bits per heavy atom. The minimum atomic E-state index is -1.13. The van der Waals surface area contributed by atoms with E-state index in [1.165, 1.54) is 13.0 Å². The van der Waals surface area contributed by atoms with Crippen LogP contribution in [-0.2, 0) is 9.59 Å². The van der Waals surface area contributed by atoms with Crippen molar-refractivity contribution in [1.29, 1.82) is 0 Å². The molecule has 0 aromatic rings. The average Bonchev–Trinajstić information content (AvgIpc) is 3.71. The topological polar surface area (TPSA) is 111 Å². The number of hydrazine groups is 1. The first-order valence-corrected chi connectivity index (χ1v) is 16.5. The number of piperidine rings is 2. The number of nitrogens with one attached hydrogen (secondary N) is 2. The molecule has 0 aromatic heterocycles. The van der Waals surface area contributed by atoms with Gasteiger partial charge in [0.15, 0.2) is 5.78 Å². The fraction of sp³-hybridized carbons (Fsp3) is 0.867. The maximum absolute atomic E-state index is 15.3. The molecule has 11 atom stereocenters. The number of hydrogen-bond donors (Lipinski definition) is 4. The van der Waals surface area contributed by atoms with Gasteiger partial charge in [-0.2, -0.15) is 0 Å². The summed E-state index contributed by atoms with van der Waals surface area (Å²) in [6.07, 6.45) is 7.69. The molecule has 2 aliphatic carbocycles. The Bertz CT molecular complexity index is 893. The number of nitrogens with zero attached hydrogens (tertiary/aromatic N) is 2. The smallest absolute Gasteiger partial charge is 0.228 e. The molecule has 0 bridgehead atoms. The van der Waals surface area contributed by atoms with Crippen LogP contribution < -0.4 is 16.5 Å². The molecule has 10 heteroatoms. The van der Waals surface area contributed by atoms with Crippen molar-refractivity contribution in [1.82, 2.24) is 20.7 Å². The molecule has 5 N–H and O–H groups in total. The predicted octanol–water partition coefficient (Wildman–Crippen LogP) is 3.28. The van der Waals surface area contributed by atoms with Crippen molar-refractivity contribution in [2.75, 3.05) is 13.1 Å². The highest BCUT2D eigenvalue weighted by atomic mass is 79.9. The molecule has 2 saturated carbocycles. The lowest BCUT2D eigenvalue weighted by Gasteiger charge is -2.49. The van der Waals surface area contributed by atoms with Crippen molar-refractivity contribution in [3.63, 3.8) is 0 Å². The minimum Gasteiger partial charge on any atom is -0.388 e. The Hall–Kier alpha value is -0.910. The van der Waals surface area contributed by atoms with Crippen molar-refractivity contribution >= 4 is 27.6 Å². The zero-order valence-electron chi connectivity index (χ0n) is 24.5. The van der Waals surface area contributed by atoms with Gasteiger partial charge in [0, 0.05) is 43.2 Å². The number of aliphatic hydroxyl groups is 1. The van der Waals surface area contributed by atoms with E-state index in [0.29, 0.717) is 19.0 Å². The molecule has 40 heavy (non-hydrogen) atoms. The van der Waals surface area contributed by atoms with Gasteiger partial charge in [0.05, 0.1) is 16.9 Å². The highest BCUT2D eigenvalue weighted by molar-refractivity contribution is 9.09. The SMILES string of the molecule is C=CC(C)=O.CCCC1NN(C2CCC(C3CC3)C(F)C2O)C2CCN(C(=O)C3CNC(Br)CC3N)C(CC)C12. The van der Waals surface area contributed by atoms with Gasteiger partial charge in [0.25, 0.3) is 0 Å². The summed E-state index contributed by atoms with van der Waals surface area (Å²) in [6.45, 7) is 10.4. The Labute approximate surface area is 248 Å². The van der Waals surface area contributed by atoms with Gasteiger partial charge in [-0.1, -0.05) is 42.8 Å². The molecular formula is C30H51BrFN5O3. The second kappa shape index (κ2) is 14.0. The highest BCUT2D eigenvalue weighted by Crippen LogP contribution is 2.48. The van der Waals surface area contributed by atoms with Crippen molar-refractivity contribution in [3.8, 4) is 0 Å². The zero-order valence-corrected chi connectivity index (χ0v) is 26.1. The van der Waals surface area contributed by atoms with E-state index in [4.69, 9.17) is 5.73 Å². The average molecular weight is 629 g/mol. The number of rotatable bonds is 7. The van der Waals surface area contributed by atoms with Gasteiger partial charge in [0.2, 0.25) is 5.91 Å². The summed E-state index contributed by atoms with van der Waals surface area (Å²) in [5.41, 5.74) is 10.2. The lowest BCUT2D eigenvalue weighted by Crippen LogP contribution is -2.62. The third-order valence-electron chi connectivity index (χ3n) is 10.1. The van der Waals surface area contributed by atoms with E-state index in [2.05, 4.69) is 57.0 Å². The molecular weight excluding hydrogens is 577 g/mol. The van der Waals surface area contributed by atoms with E-state index in [1.54, 1.807) is 0 Å². The molecule has 3 saturated heterocycles. The van der Waals surface area contributed by atoms with Crippen LogP contribution in [0.15, 0.2) is 12.7 Å². The third-order valence-corrected chi connectivity index (χ3v) is 10.8. The summed E-state index contributed by atoms with van der Waals surface area (Å²) in [5, 5.41) is 16.7. The Kier molecular flexibility index (Phi) is 11.2. The standard InChI is InChI=1S/C26H45BrFN5O2.C4H6O/c1-3-5-18-23-19(4-2)32(26(35)16-13-30-22(27)12-17(16)29)11-10-20(23)33(31-18)21-9-8-15(14-6-7-14)24(28)25(21)34;1-3-4(2)5/h14-25,30-31,34H,3-13,29H2,1-2H3;3H,1H2,2H3. The Balaban J connectivity index is 0.000000681. The largest absolute Gasteiger partial charge is 0.388 e. The van der Waals surface area contributed by atoms with E-state index in [9.17, 15) is 14.7 Å². The molecule has 0 radical (unpaired) electrons. The maximum atomic E-state index is 15.3. The summed E-state index contributed by atoms with van der Waals surface area (Å²) in [7, 11) is 0. The van der Waals surface area contributed by atoms with Crippen LogP contribution in [0.4, 0.5) is 4.39 Å². The molecule has 5 rings (SSSR count). The minimum absolute atomic E-state index is 0.0185. The normalized spacial score (nSPS) is 42.0. The number of allylic oxidation sites excluding steroid dienone is 1. The van der Waals surface area contributed by atoms with E-state index in [1.807, 2.05) is 0 Å². The molecule has 5 aliphatic rings. The van der Waals surface area contributed by atoms with Crippen molar-refractivity contribution < 1.29 is 19.1 Å². The van der Waals surface area contributed by atoms with Crippen molar-refractivity contribution in [3.05, 3.63) is 12.7 Å². The fourth-order valence-corrected chi connectivity index (χ4v) is 8.48. The molecule has 3 heterocycles. The van der Waals surface area contributed by atoms with Crippen LogP contribution >= 0.6 is 15.9 Å². The molecule has 0 spiro atoms. The highest BCUT2D eigenvalue weighted by Gasteiger charge is 2.55. The first-order valence-electron chi connectivity index (χ1n) is 15.6. The third kappa shape index (κ3) is 6.83. The van der Waals surface area contributed by atoms with Crippen molar-refractivity contribution in [2.24, 2.45) is 29.4 Å². The summed E-state index contributed by atoms with van der Waals surface area (Å²) in [5.74, 6) is 0.785. The van der Waals surface area contributed by atoms with Crippen LogP contribution in [0.5, 0.6) is 0 Å². The number of halogens is 2. The number of likely N-dealkylation sites (tertiary alicyclic amines) is 1. The number of alkyl halides is 2. The Morgan fingerprint density at radius 3 is 2.45 bits per heavy atom. The van der Waals surface area contributed by atoms with E-state index < -0.39 is 12.3 Å². The van der Waals surface area contributed by atoms with Crippen LogP contribution in [0.25, 0.3) is 0 Å². The van der Waals surface area contributed by atoms with Crippen LogP contribution in [0.1, 0.15) is 78.6 Å². The second-order valence-electron chi connectivity index (χ2n) is 12.6. The molecule has 3 aliphatic heterocycles. The van der Waals surface area contributed by atoms with Gasteiger partial charge in [-0.25, -0.2) is 9.40 Å². The summed E-state index contributed by atoms with van der Waals surface area (Å²) in [6, 6.07) is 0.245. The van der Waals surface area contributed by atoms with Gasteiger partial charge in [-0.05, 0) is 76.2 Å². The van der Waals surface area contributed by atoms with Crippen LogP contribution in [0.2, 0.25) is 0 Å². The number of carbonyl (C=O) groups excluding carboxylic acids is 2. The maximum Gasteiger partial charge on any atom is 0.228 e. The predicted molar refractivity (Wildman–Crippen MR) is 159 cm³/mol. The second-order valence-corrected chi connectivity index (χ2v) is 13.8. The first-order chi connectivity index (χ1) is 19.1. The summed E-state index contributed by atoms with van der Waals surface area (Å²) >= 11 is 3.58. The lowest BCUT2D eigenvalue weighted by molar-refractivity contribution is -0.144. The number of aliphatic hydroxyl groups excluding tert-OH is 1. The van der Waals surface area contributed by atoms with Crippen molar-refractivity contribution in [2.45, 2.75) is 126 Å². The Morgan fingerprint density at radius 2 is 1.88 bits per heavy atom. The quantitative estimate of drug-likeness (QED) is 0.195. The van der Waals surface area contributed by atoms with E-state index in [-0.39, 0.29) is 64.6 Å². The summed E-state index contributed by atoms with van der Waals surface area (Å²) in [4.78, 5) is 25.7. The first kappa shape index (κ1) is 32.0. The van der Waals surface area contributed by atoms with Crippen LogP contribution in [0, 0.1) is 23.7 Å². The number of ketones is 1. The fourth-order valence-electron chi connectivity index (χ4n) is 7.86. The molecule has 0 aromatic carbocycles. The molecule has 11 unspecified atom stereocenters. The number of hydrogen-bond acceptors (Lipinski definition) is 7. The number of amides is 1. The van der Waals surface area contributed by atoms with Crippen LogP contribution in [-0.4, -0.2) is 87.2 Å². The molecule has 8 nitrogen and oxygen atoms in total. The molecule has 228 valence electrons. The van der Waals surface area contributed by atoms with Crippen LogP contribution in [0.3, 0.4) is 0 Å². The lowest BCUT2D eigenvalue weighted by atomic mass is 9.76. The number of fused-ring (bicyclic) bond motifs is 1. The van der Waals surface area contributed by atoms with Gasteiger partial charge in [0.1, 0.15) is 12.3 Å². The van der Waals surface area contributed by atoms with Gasteiger partial charge >= 0.3 is 0 Å². The number of nitrogens with two attached hydrogens (primary N) is 1. The van der Waals surface area contributed by atoms with Gasteiger partial charge in [-0.3, -0.25) is 15.0 Å². The molecule has 1 amide bonds. The number of carbonyl (C=O) groups is 2. The molecule has 5 fully saturated rings. The zero-order chi connectivity index (χ0) is 29.1. The monoisotopic (exact) mass is 627 g/mol.